The highest BCUT2D eigenvalue weighted by molar-refractivity contribution is 6.00. The van der Waals surface area contributed by atoms with Gasteiger partial charge in [-0.3, -0.25) is 9.59 Å². The molecule has 0 aromatic heterocycles. The lowest BCUT2D eigenvalue weighted by atomic mass is 9.95. The zero-order valence-electron chi connectivity index (χ0n) is 25.0. The van der Waals surface area contributed by atoms with Crippen LogP contribution in [0.5, 0.6) is 0 Å². The number of rotatable bonds is 9. The molecule has 0 aliphatic heterocycles. The summed E-state index contributed by atoms with van der Waals surface area (Å²) in [7, 11) is 0. The summed E-state index contributed by atoms with van der Waals surface area (Å²) in [6, 6.07) is 17.8. The molecule has 0 bridgehead atoms. The maximum Gasteiger partial charge on any atom is 0.408 e. The van der Waals surface area contributed by atoms with Gasteiger partial charge in [-0.15, -0.1) is 0 Å². The van der Waals surface area contributed by atoms with Crippen LogP contribution in [0.25, 0.3) is 10.8 Å². The molecule has 2 unspecified atom stereocenters. The van der Waals surface area contributed by atoms with Gasteiger partial charge in [-0.05, 0) is 87.9 Å². The second-order valence-electron chi connectivity index (χ2n) is 11.8. The molecule has 0 heterocycles. The van der Waals surface area contributed by atoms with E-state index in [2.05, 4.69) is 10.6 Å². The smallest absolute Gasteiger partial charge is 0.408 e. The van der Waals surface area contributed by atoms with E-state index in [0.717, 1.165) is 27.5 Å². The van der Waals surface area contributed by atoms with Crippen molar-refractivity contribution in [2.75, 3.05) is 11.9 Å². The number of alkyl carbamates (subject to hydrolysis) is 1. The summed E-state index contributed by atoms with van der Waals surface area (Å²) in [5.74, 6) is -0.535. The van der Waals surface area contributed by atoms with E-state index in [1.807, 2.05) is 95.3 Å². The molecule has 0 fully saturated rings. The van der Waals surface area contributed by atoms with Crippen LogP contribution < -0.4 is 10.6 Å². The molecule has 40 heavy (non-hydrogen) atoms. The molecule has 3 aromatic carbocycles. The summed E-state index contributed by atoms with van der Waals surface area (Å²) in [5, 5.41) is 7.90. The highest BCUT2D eigenvalue weighted by Gasteiger charge is 2.36. The normalized spacial score (nSPS) is 13.0. The van der Waals surface area contributed by atoms with Crippen molar-refractivity contribution in [2.45, 2.75) is 79.5 Å². The summed E-state index contributed by atoms with van der Waals surface area (Å²) in [6.45, 7) is 15.4. The van der Waals surface area contributed by atoms with E-state index in [4.69, 9.17) is 4.74 Å². The molecule has 0 aliphatic rings. The van der Waals surface area contributed by atoms with E-state index in [1.54, 1.807) is 25.7 Å². The average molecular weight is 546 g/mol. The van der Waals surface area contributed by atoms with E-state index < -0.39 is 23.8 Å². The third-order valence-corrected chi connectivity index (χ3v) is 6.62. The Hall–Kier alpha value is -3.87. The fraction of sp³-hybridized carbons (Fsp3) is 0.424. The van der Waals surface area contributed by atoms with Crippen LogP contribution in [0, 0.1) is 19.8 Å². The van der Waals surface area contributed by atoms with E-state index in [0.29, 0.717) is 12.1 Å². The molecule has 0 saturated carbocycles. The van der Waals surface area contributed by atoms with E-state index in [1.165, 1.54) is 0 Å². The van der Waals surface area contributed by atoms with Crippen LogP contribution in [0.2, 0.25) is 0 Å². The number of hydrogen-bond acceptors (Lipinski definition) is 4. The zero-order chi connectivity index (χ0) is 29.6. The lowest BCUT2D eigenvalue weighted by Crippen LogP contribution is -2.52. The lowest BCUT2D eigenvalue weighted by molar-refractivity contribution is -0.140. The Bertz CT molecular complexity index is 1360. The third-order valence-electron chi connectivity index (χ3n) is 6.62. The number of likely N-dealkylation sites (N-methyl/N-ethyl adjacent to an activating group) is 1. The van der Waals surface area contributed by atoms with Gasteiger partial charge >= 0.3 is 6.09 Å². The summed E-state index contributed by atoms with van der Waals surface area (Å²) in [5.41, 5.74) is 2.65. The molecule has 7 nitrogen and oxygen atoms in total. The molecule has 3 aromatic rings. The Morgan fingerprint density at radius 1 is 0.925 bits per heavy atom. The van der Waals surface area contributed by atoms with E-state index in [9.17, 15) is 14.4 Å². The Balaban J connectivity index is 2.00. The second-order valence-corrected chi connectivity index (χ2v) is 11.8. The number of carbonyl (C=O) groups excluding carboxylic acids is 3. The Morgan fingerprint density at radius 3 is 2.20 bits per heavy atom. The number of fused-ring (bicyclic) bond motifs is 1. The fourth-order valence-electron chi connectivity index (χ4n) is 4.87. The van der Waals surface area contributed by atoms with Gasteiger partial charge in [0.1, 0.15) is 17.7 Å². The molecule has 0 saturated heterocycles. The van der Waals surface area contributed by atoms with Crippen LogP contribution >= 0.6 is 0 Å². The van der Waals surface area contributed by atoms with Crippen LogP contribution in [0.1, 0.15) is 70.7 Å². The number of amides is 3. The third kappa shape index (κ3) is 8.07. The Labute approximate surface area is 238 Å². The molecule has 3 rings (SSSR count). The summed E-state index contributed by atoms with van der Waals surface area (Å²) in [6.07, 6.45) is -0.258. The first-order chi connectivity index (χ1) is 18.8. The van der Waals surface area contributed by atoms with Gasteiger partial charge in [-0.1, -0.05) is 67.9 Å². The standard InChI is InChI=1S/C33H43N3O4/c1-9-36(31(38)28(18-21(2)3)35-32(39)40-33(6,7)8)29(27-17-14-22(4)19-23(27)5)30(37)34-26-16-15-24-12-10-11-13-25(24)20-26/h10-17,19-21,28-29H,9,18H2,1-8H3,(H,34,37)(H,35,39). The summed E-state index contributed by atoms with van der Waals surface area (Å²) < 4.78 is 5.45. The molecule has 214 valence electrons. The Morgan fingerprint density at radius 2 is 1.60 bits per heavy atom. The van der Waals surface area contributed by atoms with Gasteiger partial charge < -0.3 is 20.3 Å². The van der Waals surface area contributed by atoms with Crippen LogP contribution in [0.15, 0.2) is 60.7 Å². The number of nitrogens with one attached hydrogen (secondary N) is 2. The first-order valence-corrected chi connectivity index (χ1v) is 14.0. The molecule has 7 heteroatoms. The summed E-state index contributed by atoms with van der Waals surface area (Å²) >= 11 is 0. The molecular formula is C33H43N3O4. The minimum Gasteiger partial charge on any atom is -0.444 e. The van der Waals surface area contributed by atoms with Crippen molar-refractivity contribution in [3.05, 3.63) is 77.4 Å². The minimum atomic E-state index is -0.903. The largest absolute Gasteiger partial charge is 0.444 e. The van der Waals surface area contributed by atoms with Gasteiger partial charge in [-0.25, -0.2) is 4.79 Å². The van der Waals surface area contributed by atoms with Crippen molar-refractivity contribution in [1.82, 2.24) is 10.2 Å². The molecule has 3 amide bonds. The van der Waals surface area contributed by atoms with Crippen molar-refractivity contribution in [1.29, 1.82) is 0 Å². The second kappa shape index (κ2) is 13.0. The predicted octanol–water partition coefficient (Wildman–Crippen LogP) is 6.92. The number of hydrogen-bond donors (Lipinski definition) is 2. The number of aryl methyl sites for hydroxylation is 2. The minimum absolute atomic E-state index is 0.119. The number of nitrogens with zero attached hydrogens (tertiary/aromatic N) is 1. The van der Waals surface area contributed by atoms with Gasteiger partial charge in [0.05, 0.1) is 0 Å². The van der Waals surface area contributed by atoms with Crippen molar-refractivity contribution in [3.8, 4) is 0 Å². The molecule has 0 aliphatic carbocycles. The van der Waals surface area contributed by atoms with Gasteiger partial charge in [0, 0.05) is 12.2 Å². The molecule has 0 spiro atoms. The molecular weight excluding hydrogens is 502 g/mol. The van der Waals surface area contributed by atoms with Crippen LogP contribution in [0.3, 0.4) is 0 Å². The van der Waals surface area contributed by atoms with E-state index in [-0.39, 0.29) is 24.3 Å². The van der Waals surface area contributed by atoms with Crippen LogP contribution in [-0.4, -0.2) is 41.0 Å². The monoisotopic (exact) mass is 545 g/mol. The molecule has 2 N–H and O–H groups in total. The first-order valence-electron chi connectivity index (χ1n) is 14.0. The quantitative estimate of drug-likeness (QED) is 0.305. The number of ether oxygens (including phenoxy) is 1. The maximum absolute atomic E-state index is 14.1. The first kappa shape index (κ1) is 30.7. The van der Waals surface area contributed by atoms with Crippen molar-refractivity contribution in [2.24, 2.45) is 5.92 Å². The zero-order valence-corrected chi connectivity index (χ0v) is 25.0. The van der Waals surface area contributed by atoms with Crippen molar-refractivity contribution in [3.63, 3.8) is 0 Å². The number of benzene rings is 3. The van der Waals surface area contributed by atoms with Crippen molar-refractivity contribution >= 4 is 34.4 Å². The highest BCUT2D eigenvalue weighted by atomic mass is 16.6. The van der Waals surface area contributed by atoms with Gasteiger partial charge in [0.25, 0.3) is 5.91 Å². The maximum atomic E-state index is 14.1. The predicted molar refractivity (Wildman–Crippen MR) is 161 cm³/mol. The SMILES string of the molecule is CCN(C(=O)C(CC(C)C)NC(=O)OC(C)(C)C)C(C(=O)Nc1ccc2ccccc2c1)c1ccc(C)cc1C. The van der Waals surface area contributed by atoms with E-state index >= 15 is 0 Å². The Kier molecular flexibility index (Phi) is 9.96. The van der Waals surface area contributed by atoms with Gasteiger partial charge in [0.2, 0.25) is 5.91 Å². The van der Waals surface area contributed by atoms with Gasteiger partial charge in [0.15, 0.2) is 0 Å². The van der Waals surface area contributed by atoms with Crippen LogP contribution in [-0.2, 0) is 14.3 Å². The lowest BCUT2D eigenvalue weighted by Gasteiger charge is -2.35. The number of anilines is 1. The average Bonchev–Trinajstić information content (AvgIpc) is 2.85. The van der Waals surface area contributed by atoms with Crippen molar-refractivity contribution < 1.29 is 19.1 Å². The highest BCUT2D eigenvalue weighted by Crippen LogP contribution is 2.29. The summed E-state index contributed by atoms with van der Waals surface area (Å²) in [4.78, 5) is 42.4. The molecule has 2 atom stereocenters. The molecule has 0 radical (unpaired) electrons. The number of carbonyl (C=O) groups is 3. The topological polar surface area (TPSA) is 87.7 Å². The van der Waals surface area contributed by atoms with Crippen LogP contribution in [0.4, 0.5) is 10.5 Å². The van der Waals surface area contributed by atoms with Gasteiger partial charge in [-0.2, -0.15) is 0 Å². The fourth-order valence-corrected chi connectivity index (χ4v) is 4.87.